The van der Waals surface area contributed by atoms with E-state index >= 15 is 0 Å². The Morgan fingerprint density at radius 1 is 1.06 bits per heavy atom. The third-order valence-corrected chi connectivity index (χ3v) is 6.47. The van der Waals surface area contributed by atoms with E-state index in [1.807, 2.05) is 42.5 Å². The van der Waals surface area contributed by atoms with Gasteiger partial charge >= 0.3 is 0 Å². The highest BCUT2D eigenvalue weighted by Gasteiger charge is 2.44. The number of hydrogen-bond donors (Lipinski definition) is 3. The van der Waals surface area contributed by atoms with E-state index in [1.165, 1.54) is 11.1 Å². The third kappa shape index (κ3) is 3.40. The number of nitrogens with zero attached hydrogens (tertiary/aromatic N) is 1. The Balaban J connectivity index is 1.35. The summed E-state index contributed by atoms with van der Waals surface area (Å²) in [5, 5.41) is 7.94. The zero-order valence-corrected chi connectivity index (χ0v) is 18.1. The number of benzene rings is 3. The zero-order chi connectivity index (χ0) is 22.5. The van der Waals surface area contributed by atoms with Gasteiger partial charge in [0.1, 0.15) is 0 Å². The highest BCUT2D eigenvalue weighted by Crippen LogP contribution is 2.48. The van der Waals surface area contributed by atoms with Crippen LogP contribution in [-0.4, -0.2) is 23.0 Å². The third-order valence-electron chi connectivity index (χ3n) is 6.47. The molecule has 162 valence electrons. The molecule has 6 rings (SSSR count). The average molecular weight is 434 g/mol. The Morgan fingerprint density at radius 2 is 1.91 bits per heavy atom. The molecule has 1 aromatic heterocycles. The van der Waals surface area contributed by atoms with Crippen molar-refractivity contribution in [2.24, 2.45) is 11.0 Å². The van der Waals surface area contributed by atoms with Crippen LogP contribution >= 0.6 is 0 Å². The van der Waals surface area contributed by atoms with Crippen molar-refractivity contribution in [3.05, 3.63) is 89.0 Å². The van der Waals surface area contributed by atoms with Crippen LogP contribution in [0, 0.1) is 12.8 Å². The minimum absolute atomic E-state index is 0.0200. The van der Waals surface area contributed by atoms with E-state index in [-0.39, 0.29) is 23.7 Å². The van der Waals surface area contributed by atoms with Gasteiger partial charge in [0.25, 0.3) is 5.91 Å². The first-order chi connectivity index (χ1) is 16.1. The smallest absolute Gasteiger partial charge is 0.272 e. The van der Waals surface area contributed by atoms with Gasteiger partial charge in [0.05, 0.1) is 17.5 Å². The van der Waals surface area contributed by atoms with Gasteiger partial charge in [0.15, 0.2) is 0 Å². The minimum Gasteiger partial charge on any atom is -0.354 e. The summed E-state index contributed by atoms with van der Waals surface area (Å²) in [6.07, 6.45) is 2.51. The van der Waals surface area contributed by atoms with Gasteiger partial charge in [0.2, 0.25) is 5.91 Å². The normalized spacial score (nSPS) is 18.6. The van der Waals surface area contributed by atoms with Crippen LogP contribution in [-0.2, 0) is 4.79 Å². The lowest BCUT2D eigenvalue weighted by atomic mass is 10.0. The van der Waals surface area contributed by atoms with E-state index < -0.39 is 0 Å². The molecule has 2 amide bonds. The fourth-order valence-electron chi connectivity index (χ4n) is 4.78. The number of amides is 2. The maximum absolute atomic E-state index is 13.0. The van der Waals surface area contributed by atoms with E-state index in [0.717, 1.165) is 34.1 Å². The van der Waals surface area contributed by atoms with Gasteiger partial charge < -0.3 is 10.3 Å². The maximum atomic E-state index is 13.0. The molecule has 3 aromatic carbocycles. The van der Waals surface area contributed by atoms with Crippen LogP contribution in [0.5, 0.6) is 0 Å². The number of H-pyrrole nitrogens is 1. The van der Waals surface area contributed by atoms with Crippen LogP contribution < -0.4 is 10.7 Å². The summed E-state index contributed by atoms with van der Waals surface area (Å²) in [6, 6.07) is 21.9. The number of aromatic nitrogens is 1. The first-order valence-corrected chi connectivity index (χ1v) is 11.0. The number of carbonyl (C=O) groups is 2. The molecular weight excluding hydrogens is 412 g/mol. The predicted molar refractivity (Wildman–Crippen MR) is 129 cm³/mol. The van der Waals surface area contributed by atoms with Crippen molar-refractivity contribution < 1.29 is 9.59 Å². The van der Waals surface area contributed by atoms with Crippen molar-refractivity contribution in [3.8, 4) is 11.3 Å². The quantitative estimate of drug-likeness (QED) is 0.424. The number of anilines is 1. The highest BCUT2D eigenvalue weighted by molar-refractivity contribution is 6.18. The van der Waals surface area contributed by atoms with E-state index in [2.05, 4.69) is 46.0 Å². The maximum Gasteiger partial charge on any atom is 0.272 e. The van der Waals surface area contributed by atoms with Gasteiger partial charge in [-0.3, -0.25) is 9.59 Å². The van der Waals surface area contributed by atoms with Gasteiger partial charge in [-0.2, -0.15) is 5.10 Å². The van der Waals surface area contributed by atoms with Crippen molar-refractivity contribution in [1.29, 1.82) is 0 Å². The standard InChI is InChI=1S/C27H22N4O2/c1-15-6-5-9-17(10-15)19-13-20(19)26(32)29-18-11-21-24-22(14-28-31-27(21)33)25(30-23(24)12-18)16-7-3-2-4-8-16/h2-12,14,19-20,30H,13H2,1H3,(H,29,32)(H,31,33). The summed E-state index contributed by atoms with van der Waals surface area (Å²) < 4.78 is 0. The van der Waals surface area contributed by atoms with Gasteiger partial charge in [-0.1, -0.05) is 60.2 Å². The van der Waals surface area contributed by atoms with Crippen molar-refractivity contribution in [1.82, 2.24) is 10.4 Å². The van der Waals surface area contributed by atoms with Crippen molar-refractivity contribution in [2.75, 3.05) is 5.32 Å². The topological polar surface area (TPSA) is 86.3 Å². The van der Waals surface area contributed by atoms with Crippen LogP contribution in [0.4, 0.5) is 5.69 Å². The molecule has 1 fully saturated rings. The van der Waals surface area contributed by atoms with Gasteiger partial charge in [-0.05, 0) is 42.5 Å². The molecule has 6 nitrogen and oxygen atoms in total. The van der Waals surface area contributed by atoms with Crippen LogP contribution in [0.3, 0.4) is 0 Å². The van der Waals surface area contributed by atoms with Crippen molar-refractivity contribution in [2.45, 2.75) is 19.3 Å². The number of aromatic amines is 1. The SMILES string of the molecule is Cc1cccc(C2CC2C(=O)Nc2cc3c4c(c(-c5ccccc5)[nH]c4c2)C=NNC3=O)c1. The number of carbonyl (C=O) groups excluding carboxylic acids is 2. The van der Waals surface area contributed by atoms with E-state index in [4.69, 9.17) is 0 Å². The molecule has 4 aromatic rings. The van der Waals surface area contributed by atoms with E-state index in [0.29, 0.717) is 11.3 Å². The Kier molecular flexibility index (Phi) is 4.40. The molecule has 3 N–H and O–H groups in total. The second-order valence-electron chi connectivity index (χ2n) is 8.78. The molecule has 2 aliphatic rings. The fourth-order valence-corrected chi connectivity index (χ4v) is 4.78. The Morgan fingerprint density at radius 3 is 2.73 bits per heavy atom. The van der Waals surface area contributed by atoms with Crippen molar-refractivity contribution >= 4 is 34.6 Å². The number of rotatable bonds is 4. The molecule has 0 bridgehead atoms. The van der Waals surface area contributed by atoms with Crippen molar-refractivity contribution in [3.63, 3.8) is 0 Å². The van der Waals surface area contributed by atoms with Crippen LogP contribution in [0.25, 0.3) is 22.2 Å². The van der Waals surface area contributed by atoms with Crippen LogP contribution in [0.1, 0.15) is 39.4 Å². The van der Waals surface area contributed by atoms with Gasteiger partial charge in [-0.15, -0.1) is 0 Å². The molecule has 2 unspecified atom stereocenters. The molecule has 33 heavy (non-hydrogen) atoms. The lowest BCUT2D eigenvalue weighted by Crippen LogP contribution is -2.18. The van der Waals surface area contributed by atoms with Gasteiger partial charge in [0, 0.05) is 28.1 Å². The summed E-state index contributed by atoms with van der Waals surface area (Å²) in [4.78, 5) is 29.2. The zero-order valence-electron chi connectivity index (χ0n) is 18.1. The molecule has 0 saturated heterocycles. The van der Waals surface area contributed by atoms with Crippen LogP contribution in [0.15, 0.2) is 71.8 Å². The first kappa shape index (κ1) is 19.5. The Hall–Kier alpha value is -4.19. The Labute approximate surface area is 190 Å². The lowest BCUT2D eigenvalue weighted by molar-refractivity contribution is -0.117. The van der Waals surface area contributed by atoms with E-state index in [1.54, 1.807) is 12.3 Å². The first-order valence-electron chi connectivity index (χ1n) is 11.0. The predicted octanol–water partition coefficient (Wildman–Crippen LogP) is 4.96. The highest BCUT2D eigenvalue weighted by atomic mass is 16.2. The molecule has 2 heterocycles. The number of nitrogens with one attached hydrogen (secondary N) is 3. The molecule has 0 radical (unpaired) electrons. The average Bonchev–Trinajstić information content (AvgIpc) is 3.57. The lowest BCUT2D eigenvalue weighted by Gasteiger charge is -2.09. The second kappa shape index (κ2) is 7.45. The molecular formula is C27H22N4O2. The summed E-state index contributed by atoms with van der Waals surface area (Å²) in [5.74, 6) is -0.131. The molecule has 1 aliphatic carbocycles. The number of hydrazone groups is 1. The van der Waals surface area contributed by atoms with Gasteiger partial charge in [-0.25, -0.2) is 5.43 Å². The van der Waals surface area contributed by atoms with E-state index in [9.17, 15) is 9.59 Å². The summed E-state index contributed by atoms with van der Waals surface area (Å²) in [7, 11) is 0. The van der Waals surface area contributed by atoms with Crippen LogP contribution in [0.2, 0.25) is 0 Å². The minimum atomic E-state index is -0.297. The Bertz CT molecular complexity index is 1450. The molecule has 2 atom stereocenters. The molecule has 6 heteroatoms. The monoisotopic (exact) mass is 434 g/mol. The number of hydrogen-bond acceptors (Lipinski definition) is 3. The summed E-state index contributed by atoms with van der Waals surface area (Å²) in [6.45, 7) is 2.06. The molecule has 1 aliphatic heterocycles. The second-order valence-corrected chi connectivity index (χ2v) is 8.78. The molecule has 1 saturated carbocycles. The summed E-state index contributed by atoms with van der Waals surface area (Å²) >= 11 is 0. The molecule has 0 spiro atoms. The fraction of sp³-hybridized carbons (Fsp3) is 0.148. The number of aryl methyl sites for hydroxylation is 1. The summed E-state index contributed by atoms with van der Waals surface area (Å²) in [5.41, 5.74) is 9.58. The largest absolute Gasteiger partial charge is 0.354 e.